The molecule has 0 aromatic heterocycles. The summed E-state index contributed by atoms with van der Waals surface area (Å²) in [5, 5.41) is 10.2. The standard InChI is InChI=1S/C6H11NO4/c1-5(8)4-11-3-2-7-6(9)10/h7H,2-4H2,1H3,(H,9,10). The zero-order valence-electron chi connectivity index (χ0n) is 6.29. The molecule has 0 fully saturated rings. The summed E-state index contributed by atoms with van der Waals surface area (Å²) < 4.78 is 4.77. The van der Waals surface area contributed by atoms with E-state index in [1.54, 1.807) is 0 Å². The van der Waals surface area contributed by atoms with E-state index in [0.717, 1.165) is 0 Å². The Labute approximate surface area is 64.3 Å². The predicted octanol–water partition coefficient (Wildman–Crippen LogP) is -0.140. The van der Waals surface area contributed by atoms with E-state index in [-0.39, 0.29) is 25.5 Å². The van der Waals surface area contributed by atoms with E-state index in [1.807, 2.05) is 0 Å². The van der Waals surface area contributed by atoms with Crippen molar-refractivity contribution >= 4 is 11.9 Å². The van der Waals surface area contributed by atoms with Crippen LogP contribution in [0.5, 0.6) is 0 Å². The van der Waals surface area contributed by atoms with Gasteiger partial charge in [-0.15, -0.1) is 0 Å². The minimum absolute atomic E-state index is 0.0430. The molecular formula is C6H11NO4. The van der Waals surface area contributed by atoms with E-state index in [4.69, 9.17) is 9.84 Å². The van der Waals surface area contributed by atoms with E-state index in [0.29, 0.717) is 0 Å². The highest BCUT2D eigenvalue weighted by Gasteiger charge is 1.94. The van der Waals surface area contributed by atoms with Gasteiger partial charge in [0.1, 0.15) is 6.61 Å². The van der Waals surface area contributed by atoms with Crippen LogP contribution in [0.4, 0.5) is 4.79 Å². The summed E-state index contributed by atoms with van der Waals surface area (Å²) in [6.45, 7) is 1.89. The summed E-state index contributed by atoms with van der Waals surface area (Å²) >= 11 is 0. The number of hydrogen-bond acceptors (Lipinski definition) is 3. The monoisotopic (exact) mass is 161 g/mol. The van der Waals surface area contributed by atoms with E-state index in [2.05, 4.69) is 5.32 Å². The van der Waals surface area contributed by atoms with Gasteiger partial charge >= 0.3 is 6.09 Å². The molecule has 2 N–H and O–H groups in total. The van der Waals surface area contributed by atoms with Crippen molar-refractivity contribution in [3.63, 3.8) is 0 Å². The molecule has 0 rings (SSSR count). The van der Waals surface area contributed by atoms with E-state index >= 15 is 0 Å². The highest BCUT2D eigenvalue weighted by molar-refractivity contribution is 5.76. The molecule has 0 aliphatic carbocycles. The molecule has 0 aliphatic rings. The zero-order valence-corrected chi connectivity index (χ0v) is 6.29. The van der Waals surface area contributed by atoms with Crippen molar-refractivity contribution in [1.82, 2.24) is 5.32 Å². The molecule has 1 amide bonds. The Bertz CT molecular complexity index is 130. The maximum absolute atomic E-state index is 10.3. The van der Waals surface area contributed by atoms with Crippen LogP contribution >= 0.6 is 0 Å². The smallest absolute Gasteiger partial charge is 0.404 e. The van der Waals surface area contributed by atoms with Crippen molar-refractivity contribution in [2.75, 3.05) is 19.8 Å². The van der Waals surface area contributed by atoms with Crippen molar-refractivity contribution in [2.45, 2.75) is 6.92 Å². The summed E-state index contributed by atoms with van der Waals surface area (Å²) in [6, 6.07) is 0. The fraction of sp³-hybridized carbons (Fsp3) is 0.667. The van der Waals surface area contributed by atoms with E-state index in [1.165, 1.54) is 6.92 Å². The lowest BCUT2D eigenvalue weighted by atomic mass is 10.5. The molecule has 0 atom stereocenters. The molecule has 0 saturated carbocycles. The molecular weight excluding hydrogens is 150 g/mol. The molecule has 0 spiro atoms. The average molecular weight is 161 g/mol. The van der Waals surface area contributed by atoms with Crippen LogP contribution < -0.4 is 5.32 Å². The van der Waals surface area contributed by atoms with Gasteiger partial charge in [-0.3, -0.25) is 4.79 Å². The van der Waals surface area contributed by atoms with Crippen LogP contribution in [0.3, 0.4) is 0 Å². The number of carbonyl (C=O) groups excluding carboxylic acids is 1. The van der Waals surface area contributed by atoms with Crippen molar-refractivity contribution in [2.24, 2.45) is 0 Å². The van der Waals surface area contributed by atoms with Crippen LogP contribution in [0.25, 0.3) is 0 Å². The molecule has 0 aromatic rings. The topological polar surface area (TPSA) is 75.6 Å². The summed E-state index contributed by atoms with van der Waals surface area (Å²) in [5.41, 5.74) is 0. The van der Waals surface area contributed by atoms with E-state index in [9.17, 15) is 9.59 Å². The first-order chi connectivity index (χ1) is 5.13. The summed E-state index contributed by atoms with van der Waals surface area (Å²) in [4.78, 5) is 20.1. The molecule has 11 heavy (non-hydrogen) atoms. The maximum Gasteiger partial charge on any atom is 0.404 e. The Morgan fingerprint density at radius 1 is 1.55 bits per heavy atom. The molecule has 0 bridgehead atoms. The van der Waals surface area contributed by atoms with Crippen LogP contribution in [-0.4, -0.2) is 36.7 Å². The SMILES string of the molecule is CC(=O)COCCNC(=O)O. The highest BCUT2D eigenvalue weighted by atomic mass is 16.5. The second-order valence-corrected chi connectivity index (χ2v) is 1.99. The molecule has 0 aliphatic heterocycles. The second-order valence-electron chi connectivity index (χ2n) is 1.99. The Balaban J connectivity index is 3.03. The minimum Gasteiger partial charge on any atom is -0.465 e. The average Bonchev–Trinajstić information content (AvgIpc) is 1.85. The minimum atomic E-state index is -1.09. The van der Waals surface area contributed by atoms with Gasteiger partial charge in [0.15, 0.2) is 5.78 Å². The fourth-order valence-electron chi connectivity index (χ4n) is 0.446. The van der Waals surface area contributed by atoms with Gasteiger partial charge in [0, 0.05) is 6.54 Å². The third kappa shape index (κ3) is 8.90. The first-order valence-corrected chi connectivity index (χ1v) is 3.17. The lowest BCUT2D eigenvalue weighted by Crippen LogP contribution is -2.25. The Hall–Kier alpha value is -1.10. The number of hydrogen-bond donors (Lipinski definition) is 2. The molecule has 5 nitrogen and oxygen atoms in total. The zero-order chi connectivity index (χ0) is 8.69. The van der Waals surface area contributed by atoms with Crippen LogP contribution in [0.15, 0.2) is 0 Å². The Morgan fingerprint density at radius 3 is 2.64 bits per heavy atom. The lowest BCUT2D eigenvalue weighted by Gasteiger charge is -2.00. The van der Waals surface area contributed by atoms with Gasteiger partial charge in [0.25, 0.3) is 0 Å². The van der Waals surface area contributed by atoms with Gasteiger partial charge in [-0.1, -0.05) is 0 Å². The molecule has 64 valence electrons. The third-order valence-corrected chi connectivity index (χ3v) is 0.828. The molecule has 0 unspecified atom stereocenters. The molecule has 0 saturated heterocycles. The first kappa shape index (κ1) is 9.90. The highest BCUT2D eigenvalue weighted by Crippen LogP contribution is 1.74. The molecule has 0 heterocycles. The summed E-state index contributed by atoms with van der Waals surface area (Å²) in [5.74, 6) is -0.0691. The van der Waals surface area contributed by atoms with Gasteiger partial charge in [-0.25, -0.2) is 4.79 Å². The normalized spacial score (nSPS) is 9.18. The first-order valence-electron chi connectivity index (χ1n) is 3.17. The molecule has 0 aromatic carbocycles. The van der Waals surface area contributed by atoms with Gasteiger partial charge in [-0.2, -0.15) is 0 Å². The van der Waals surface area contributed by atoms with Gasteiger partial charge in [0.05, 0.1) is 6.61 Å². The van der Waals surface area contributed by atoms with Gasteiger partial charge < -0.3 is 15.2 Å². The van der Waals surface area contributed by atoms with Crippen LogP contribution in [-0.2, 0) is 9.53 Å². The van der Waals surface area contributed by atoms with Gasteiger partial charge in [-0.05, 0) is 6.92 Å². The number of ether oxygens (including phenoxy) is 1. The number of ketones is 1. The Kier molecular flexibility index (Phi) is 5.10. The fourth-order valence-corrected chi connectivity index (χ4v) is 0.446. The van der Waals surface area contributed by atoms with Crippen molar-refractivity contribution < 1.29 is 19.4 Å². The van der Waals surface area contributed by atoms with Crippen LogP contribution in [0.1, 0.15) is 6.92 Å². The summed E-state index contributed by atoms with van der Waals surface area (Å²) in [7, 11) is 0. The quantitative estimate of drug-likeness (QED) is 0.550. The lowest BCUT2D eigenvalue weighted by molar-refractivity contribution is -0.121. The number of carboxylic acid groups (broad SMARTS) is 1. The largest absolute Gasteiger partial charge is 0.465 e. The number of Topliss-reactive ketones (excluding diaryl/α,β-unsaturated/α-hetero) is 1. The third-order valence-electron chi connectivity index (χ3n) is 0.828. The maximum atomic E-state index is 10.3. The number of rotatable bonds is 5. The summed E-state index contributed by atoms with van der Waals surface area (Å²) in [6.07, 6.45) is -1.09. The van der Waals surface area contributed by atoms with Crippen molar-refractivity contribution in [3.05, 3.63) is 0 Å². The Morgan fingerprint density at radius 2 is 2.18 bits per heavy atom. The van der Waals surface area contributed by atoms with Crippen molar-refractivity contribution in [3.8, 4) is 0 Å². The molecule has 5 heteroatoms. The number of nitrogens with one attached hydrogen (secondary N) is 1. The van der Waals surface area contributed by atoms with E-state index < -0.39 is 6.09 Å². The van der Waals surface area contributed by atoms with Crippen molar-refractivity contribution in [1.29, 1.82) is 0 Å². The predicted molar refractivity (Wildman–Crippen MR) is 37.5 cm³/mol. The number of amides is 1. The van der Waals surface area contributed by atoms with Gasteiger partial charge in [0.2, 0.25) is 0 Å². The molecule has 0 radical (unpaired) electrons. The second kappa shape index (κ2) is 5.67. The van der Waals surface area contributed by atoms with Crippen LogP contribution in [0.2, 0.25) is 0 Å². The number of carbonyl (C=O) groups is 2. The van der Waals surface area contributed by atoms with Crippen LogP contribution in [0, 0.1) is 0 Å².